The van der Waals surface area contributed by atoms with Crippen LogP contribution in [0.1, 0.15) is 50.0 Å². The van der Waals surface area contributed by atoms with Gasteiger partial charge in [-0.1, -0.05) is 49.6 Å². The highest BCUT2D eigenvalue weighted by Crippen LogP contribution is 2.48. The molecule has 2 fully saturated rings. The molecule has 2 saturated carbocycles. The Hall–Kier alpha value is -1.84. The van der Waals surface area contributed by atoms with Gasteiger partial charge in [0.1, 0.15) is 5.54 Å². The molecule has 21 heavy (non-hydrogen) atoms. The Labute approximate surface area is 124 Å². The minimum atomic E-state index is -1.03. The van der Waals surface area contributed by atoms with E-state index >= 15 is 0 Å². The first kappa shape index (κ1) is 14.1. The number of carbonyl (C=O) groups excluding carboxylic acids is 1. The second kappa shape index (κ2) is 5.51. The monoisotopic (exact) mass is 287 g/mol. The number of carboxylic acid groups (broad SMARTS) is 1. The third kappa shape index (κ3) is 2.80. The van der Waals surface area contributed by atoms with Crippen molar-refractivity contribution in [3.63, 3.8) is 0 Å². The molecule has 112 valence electrons. The number of aliphatic carboxylic acids is 1. The lowest BCUT2D eigenvalue weighted by molar-refractivity contribution is -0.149. The lowest BCUT2D eigenvalue weighted by Crippen LogP contribution is -2.56. The highest BCUT2D eigenvalue weighted by atomic mass is 16.4. The average molecular weight is 287 g/mol. The Morgan fingerprint density at radius 3 is 2.38 bits per heavy atom. The summed E-state index contributed by atoms with van der Waals surface area (Å²) in [5, 5.41) is 12.4. The maximum atomic E-state index is 12.4. The van der Waals surface area contributed by atoms with Gasteiger partial charge in [-0.15, -0.1) is 0 Å². The van der Waals surface area contributed by atoms with Gasteiger partial charge in [0.2, 0.25) is 5.91 Å². The van der Waals surface area contributed by atoms with Gasteiger partial charge < -0.3 is 10.4 Å². The van der Waals surface area contributed by atoms with Crippen LogP contribution in [0.5, 0.6) is 0 Å². The quantitative estimate of drug-likeness (QED) is 0.894. The van der Waals surface area contributed by atoms with Crippen molar-refractivity contribution in [1.29, 1.82) is 0 Å². The summed E-state index contributed by atoms with van der Waals surface area (Å²) in [5.41, 5.74) is 0.143. The molecule has 1 aromatic carbocycles. The predicted octanol–water partition coefficient (Wildman–Crippen LogP) is 2.69. The second-order valence-corrected chi connectivity index (χ2v) is 6.30. The first-order valence-electron chi connectivity index (χ1n) is 7.73. The molecule has 4 nitrogen and oxygen atoms in total. The topological polar surface area (TPSA) is 66.4 Å². The van der Waals surface area contributed by atoms with Crippen LogP contribution in [0.2, 0.25) is 0 Å². The smallest absolute Gasteiger partial charge is 0.329 e. The van der Waals surface area contributed by atoms with Gasteiger partial charge in [0, 0.05) is 5.92 Å². The van der Waals surface area contributed by atoms with Gasteiger partial charge in [0.15, 0.2) is 0 Å². The molecule has 0 bridgehead atoms. The van der Waals surface area contributed by atoms with Gasteiger partial charge in [0.05, 0.1) is 0 Å². The zero-order valence-electron chi connectivity index (χ0n) is 12.0. The molecule has 2 unspecified atom stereocenters. The first-order chi connectivity index (χ1) is 10.1. The van der Waals surface area contributed by atoms with E-state index in [1.54, 1.807) is 0 Å². The zero-order valence-corrected chi connectivity index (χ0v) is 12.0. The number of carboxylic acids is 1. The van der Waals surface area contributed by atoms with Crippen molar-refractivity contribution in [3.05, 3.63) is 35.9 Å². The zero-order chi connectivity index (χ0) is 14.9. The Kier molecular flexibility index (Phi) is 3.70. The SMILES string of the molecule is O=C(NC1(C(=O)O)CCCCC1)C1CC1c1ccccc1. The van der Waals surface area contributed by atoms with Crippen molar-refractivity contribution in [2.75, 3.05) is 0 Å². The fraction of sp³-hybridized carbons (Fsp3) is 0.529. The highest BCUT2D eigenvalue weighted by Gasteiger charge is 2.48. The van der Waals surface area contributed by atoms with Gasteiger partial charge in [-0.25, -0.2) is 4.79 Å². The fourth-order valence-electron chi connectivity index (χ4n) is 3.43. The van der Waals surface area contributed by atoms with E-state index in [1.807, 2.05) is 30.3 Å². The molecule has 2 N–H and O–H groups in total. The molecule has 2 aliphatic carbocycles. The molecule has 0 spiro atoms. The predicted molar refractivity (Wildman–Crippen MR) is 78.9 cm³/mol. The van der Waals surface area contributed by atoms with E-state index in [0.29, 0.717) is 12.8 Å². The molecule has 4 heteroatoms. The summed E-state index contributed by atoms with van der Waals surface area (Å²) in [4.78, 5) is 24.0. The maximum Gasteiger partial charge on any atom is 0.329 e. The van der Waals surface area contributed by atoms with Crippen molar-refractivity contribution < 1.29 is 14.7 Å². The van der Waals surface area contributed by atoms with Crippen LogP contribution in [0.4, 0.5) is 0 Å². The van der Waals surface area contributed by atoms with Crippen molar-refractivity contribution in [1.82, 2.24) is 5.32 Å². The van der Waals surface area contributed by atoms with Gasteiger partial charge in [-0.3, -0.25) is 4.79 Å². The van der Waals surface area contributed by atoms with E-state index in [4.69, 9.17) is 0 Å². The van der Waals surface area contributed by atoms with E-state index in [0.717, 1.165) is 25.7 Å². The summed E-state index contributed by atoms with van der Waals surface area (Å²) in [7, 11) is 0. The Bertz CT molecular complexity index is 534. The molecule has 3 rings (SSSR count). The largest absolute Gasteiger partial charge is 0.480 e. The molecule has 0 aromatic heterocycles. The van der Waals surface area contributed by atoms with Gasteiger partial charge >= 0.3 is 5.97 Å². The number of carbonyl (C=O) groups is 2. The van der Waals surface area contributed by atoms with Crippen LogP contribution in [0.3, 0.4) is 0 Å². The van der Waals surface area contributed by atoms with E-state index in [1.165, 1.54) is 5.56 Å². The lowest BCUT2D eigenvalue weighted by atomic mass is 9.81. The van der Waals surface area contributed by atoms with Crippen LogP contribution in [-0.4, -0.2) is 22.5 Å². The third-order valence-corrected chi connectivity index (χ3v) is 4.83. The highest BCUT2D eigenvalue weighted by molar-refractivity contribution is 5.90. The number of rotatable bonds is 4. The molecule has 2 aliphatic rings. The van der Waals surface area contributed by atoms with Crippen molar-refractivity contribution in [2.45, 2.75) is 50.0 Å². The fourth-order valence-corrected chi connectivity index (χ4v) is 3.43. The Morgan fingerprint density at radius 2 is 1.76 bits per heavy atom. The van der Waals surface area contributed by atoms with Crippen molar-refractivity contribution >= 4 is 11.9 Å². The molecular weight excluding hydrogens is 266 g/mol. The van der Waals surface area contributed by atoms with E-state index in [2.05, 4.69) is 5.32 Å². The van der Waals surface area contributed by atoms with Crippen LogP contribution in [0.25, 0.3) is 0 Å². The Morgan fingerprint density at radius 1 is 1.10 bits per heavy atom. The normalized spacial score (nSPS) is 26.9. The van der Waals surface area contributed by atoms with E-state index in [-0.39, 0.29) is 17.7 Å². The molecule has 0 heterocycles. The molecular formula is C17H21NO3. The second-order valence-electron chi connectivity index (χ2n) is 6.30. The van der Waals surface area contributed by atoms with Gasteiger partial charge in [0.25, 0.3) is 0 Å². The van der Waals surface area contributed by atoms with Crippen LogP contribution < -0.4 is 5.32 Å². The molecule has 2 atom stereocenters. The number of amides is 1. The summed E-state index contributed by atoms with van der Waals surface area (Å²) in [6, 6.07) is 9.98. The number of hydrogen-bond donors (Lipinski definition) is 2. The molecule has 0 saturated heterocycles. The van der Waals surface area contributed by atoms with Gasteiger partial charge in [-0.05, 0) is 30.7 Å². The minimum Gasteiger partial charge on any atom is -0.480 e. The lowest BCUT2D eigenvalue weighted by Gasteiger charge is -2.34. The van der Waals surface area contributed by atoms with Crippen LogP contribution >= 0.6 is 0 Å². The van der Waals surface area contributed by atoms with E-state index < -0.39 is 11.5 Å². The molecule has 0 aliphatic heterocycles. The number of benzene rings is 1. The number of hydrogen-bond acceptors (Lipinski definition) is 2. The third-order valence-electron chi connectivity index (χ3n) is 4.83. The summed E-state index contributed by atoms with van der Waals surface area (Å²) >= 11 is 0. The molecule has 1 aromatic rings. The van der Waals surface area contributed by atoms with Crippen LogP contribution in [0.15, 0.2) is 30.3 Å². The summed E-state index contributed by atoms with van der Waals surface area (Å²) in [5.74, 6) is -0.785. The average Bonchev–Trinajstić information content (AvgIpc) is 3.29. The van der Waals surface area contributed by atoms with Crippen LogP contribution in [-0.2, 0) is 9.59 Å². The molecule has 1 amide bonds. The summed E-state index contributed by atoms with van der Waals surface area (Å²) in [6.45, 7) is 0. The van der Waals surface area contributed by atoms with E-state index in [9.17, 15) is 14.7 Å². The minimum absolute atomic E-state index is 0.0643. The number of nitrogens with one attached hydrogen (secondary N) is 1. The standard InChI is InChI=1S/C17H21NO3/c19-15(14-11-13(14)12-7-3-1-4-8-12)18-17(16(20)21)9-5-2-6-10-17/h1,3-4,7-8,13-14H,2,5-6,9-11H2,(H,18,19)(H,20,21). The summed E-state index contributed by atoms with van der Waals surface area (Å²) in [6.07, 6.45) is 4.73. The van der Waals surface area contributed by atoms with Crippen LogP contribution in [0, 0.1) is 5.92 Å². The van der Waals surface area contributed by atoms with Gasteiger partial charge in [-0.2, -0.15) is 0 Å². The first-order valence-corrected chi connectivity index (χ1v) is 7.73. The Balaban J connectivity index is 1.65. The van der Waals surface area contributed by atoms with Crippen molar-refractivity contribution in [3.8, 4) is 0 Å². The maximum absolute atomic E-state index is 12.4. The molecule has 0 radical (unpaired) electrons. The summed E-state index contributed by atoms with van der Waals surface area (Å²) < 4.78 is 0. The van der Waals surface area contributed by atoms with Crippen molar-refractivity contribution in [2.24, 2.45) is 5.92 Å².